The van der Waals surface area contributed by atoms with Crippen LogP contribution in [0.2, 0.25) is 0 Å². The van der Waals surface area contributed by atoms with Crippen molar-refractivity contribution in [3.05, 3.63) is 92.3 Å². The molecular formula is C25H21NO5S. The van der Waals surface area contributed by atoms with E-state index >= 15 is 0 Å². The van der Waals surface area contributed by atoms with Crippen LogP contribution in [0, 0.1) is 6.92 Å². The number of thiophene rings is 1. The molecule has 0 unspecified atom stereocenters. The third-order valence-corrected chi connectivity index (χ3v) is 5.95. The second kappa shape index (κ2) is 9.62. The molecule has 0 saturated heterocycles. The number of carbonyl (C=O) groups is 2. The molecule has 4 rings (SSSR count). The van der Waals surface area contributed by atoms with Gasteiger partial charge in [0, 0.05) is 22.5 Å². The molecule has 0 bridgehead atoms. The topological polar surface area (TPSA) is 85.6 Å². The fourth-order valence-corrected chi connectivity index (χ4v) is 4.08. The minimum Gasteiger partial charge on any atom is -0.455 e. The highest BCUT2D eigenvalue weighted by molar-refractivity contribution is 7.09. The van der Waals surface area contributed by atoms with Crippen LogP contribution < -0.4 is 10.7 Å². The summed E-state index contributed by atoms with van der Waals surface area (Å²) >= 11 is 1.62. The van der Waals surface area contributed by atoms with E-state index in [0.717, 1.165) is 10.4 Å². The van der Waals surface area contributed by atoms with Gasteiger partial charge < -0.3 is 14.5 Å². The third kappa shape index (κ3) is 4.63. The van der Waals surface area contributed by atoms with Crippen molar-refractivity contribution < 1.29 is 18.7 Å². The molecule has 0 aliphatic carbocycles. The molecule has 32 heavy (non-hydrogen) atoms. The van der Waals surface area contributed by atoms with Crippen LogP contribution >= 0.6 is 11.3 Å². The van der Waals surface area contributed by atoms with Crippen LogP contribution in [0.3, 0.4) is 0 Å². The first-order valence-corrected chi connectivity index (χ1v) is 11.0. The molecule has 0 fully saturated rings. The summed E-state index contributed by atoms with van der Waals surface area (Å²) < 4.78 is 11.2. The molecule has 1 amide bonds. The van der Waals surface area contributed by atoms with E-state index in [-0.39, 0.29) is 22.0 Å². The second-order valence-electron chi connectivity index (χ2n) is 7.19. The maximum atomic E-state index is 12.9. The van der Waals surface area contributed by atoms with Gasteiger partial charge in [0.2, 0.25) is 0 Å². The van der Waals surface area contributed by atoms with Crippen LogP contribution in [0.25, 0.3) is 22.3 Å². The molecule has 2 heterocycles. The zero-order valence-electron chi connectivity index (χ0n) is 17.4. The number of benzene rings is 2. The molecule has 1 N–H and O–H groups in total. The fraction of sp³-hybridized carbons (Fsp3) is 0.160. The van der Waals surface area contributed by atoms with E-state index in [1.54, 1.807) is 30.4 Å². The Morgan fingerprint density at radius 3 is 2.59 bits per heavy atom. The molecule has 162 valence electrons. The number of hydrogen-bond acceptors (Lipinski definition) is 6. The average molecular weight is 448 g/mol. The van der Waals surface area contributed by atoms with Crippen LogP contribution in [0.5, 0.6) is 0 Å². The molecule has 0 radical (unpaired) electrons. The molecule has 4 aromatic rings. The number of ether oxygens (including phenoxy) is 1. The molecular weight excluding hydrogens is 426 g/mol. The molecule has 2 aromatic heterocycles. The Labute approximate surface area is 188 Å². The fourth-order valence-electron chi connectivity index (χ4n) is 3.38. The van der Waals surface area contributed by atoms with E-state index < -0.39 is 18.5 Å². The summed E-state index contributed by atoms with van der Waals surface area (Å²) in [6.45, 7) is 1.74. The first-order valence-electron chi connectivity index (χ1n) is 10.1. The van der Waals surface area contributed by atoms with Gasteiger partial charge in [0.1, 0.15) is 11.3 Å². The molecule has 6 nitrogen and oxygen atoms in total. The third-order valence-electron chi connectivity index (χ3n) is 5.01. The predicted molar refractivity (Wildman–Crippen MR) is 124 cm³/mol. The lowest BCUT2D eigenvalue weighted by Crippen LogP contribution is -2.30. The maximum absolute atomic E-state index is 12.9. The number of carbonyl (C=O) groups excluding carboxylic acids is 2. The van der Waals surface area contributed by atoms with Crippen molar-refractivity contribution in [3.63, 3.8) is 0 Å². The normalized spacial score (nSPS) is 10.8. The Morgan fingerprint density at radius 1 is 1.03 bits per heavy atom. The first kappa shape index (κ1) is 21.5. The van der Waals surface area contributed by atoms with Gasteiger partial charge >= 0.3 is 5.97 Å². The average Bonchev–Trinajstić information content (AvgIpc) is 3.33. The minimum atomic E-state index is -0.727. The first-order chi connectivity index (χ1) is 15.5. The van der Waals surface area contributed by atoms with Crippen LogP contribution in [-0.4, -0.2) is 25.0 Å². The molecule has 0 saturated carbocycles. The number of fused-ring (bicyclic) bond motifs is 1. The monoisotopic (exact) mass is 447 g/mol. The maximum Gasteiger partial charge on any atom is 0.342 e. The van der Waals surface area contributed by atoms with Gasteiger partial charge in [-0.05, 0) is 36.9 Å². The van der Waals surface area contributed by atoms with E-state index in [4.69, 9.17) is 9.15 Å². The van der Waals surface area contributed by atoms with Gasteiger partial charge in [-0.2, -0.15) is 0 Å². The Balaban J connectivity index is 1.52. The zero-order valence-corrected chi connectivity index (χ0v) is 18.2. The zero-order chi connectivity index (χ0) is 22.5. The van der Waals surface area contributed by atoms with Crippen molar-refractivity contribution in [1.29, 1.82) is 0 Å². The number of rotatable bonds is 7. The van der Waals surface area contributed by atoms with E-state index in [1.807, 2.05) is 47.8 Å². The highest BCUT2D eigenvalue weighted by Gasteiger charge is 2.20. The summed E-state index contributed by atoms with van der Waals surface area (Å²) in [6.07, 6.45) is 0.716. The van der Waals surface area contributed by atoms with Gasteiger partial charge in [0.15, 0.2) is 17.6 Å². The summed E-state index contributed by atoms with van der Waals surface area (Å²) in [6, 6.07) is 17.9. The highest BCUT2D eigenvalue weighted by Crippen LogP contribution is 2.27. The van der Waals surface area contributed by atoms with Crippen molar-refractivity contribution >= 4 is 34.2 Å². The molecule has 2 aromatic carbocycles. The second-order valence-corrected chi connectivity index (χ2v) is 8.22. The Morgan fingerprint density at radius 2 is 1.84 bits per heavy atom. The molecule has 0 aliphatic rings. The van der Waals surface area contributed by atoms with Crippen molar-refractivity contribution in [2.45, 2.75) is 13.3 Å². The summed E-state index contributed by atoms with van der Waals surface area (Å²) in [5.41, 5.74) is 1.22. The van der Waals surface area contributed by atoms with Gasteiger partial charge in [0.25, 0.3) is 5.91 Å². The van der Waals surface area contributed by atoms with Crippen molar-refractivity contribution in [2.24, 2.45) is 0 Å². The molecule has 0 spiro atoms. The summed E-state index contributed by atoms with van der Waals surface area (Å²) in [5.74, 6) is -0.720. The van der Waals surface area contributed by atoms with Gasteiger partial charge in [-0.25, -0.2) is 4.79 Å². The standard InChI is InChI=1S/C25H21NO5S/c1-16-22(28)19-10-5-11-20(24(19)31-23(16)17-7-3-2-4-8-17)25(29)30-15-21(27)26-13-12-18-9-6-14-32-18/h2-11,14H,12-13,15H2,1H3,(H,26,27). The van der Waals surface area contributed by atoms with E-state index in [0.29, 0.717) is 24.3 Å². The van der Waals surface area contributed by atoms with Crippen molar-refractivity contribution in [1.82, 2.24) is 5.32 Å². The van der Waals surface area contributed by atoms with Crippen LogP contribution in [0.15, 0.2) is 75.3 Å². The van der Waals surface area contributed by atoms with Crippen LogP contribution in [0.4, 0.5) is 0 Å². The summed E-state index contributed by atoms with van der Waals surface area (Å²) in [5, 5.41) is 5.00. The molecule has 0 aliphatic heterocycles. The number of hydrogen-bond donors (Lipinski definition) is 1. The van der Waals surface area contributed by atoms with E-state index in [1.165, 1.54) is 6.07 Å². The number of esters is 1. The van der Waals surface area contributed by atoms with Gasteiger partial charge in [-0.3, -0.25) is 9.59 Å². The van der Waals surface area contributed by atoms with E-state index in [9.17, 15) is 14.4 Å². The minimum absolute atomic E-state index is 0.100. The van der Waals surface area contributed by atoms with Crippen LogP contribution in [-0.2, 0) is 16.0 Å². The van der Waals surface area contributed by atoms with Crippen molar-refractivity contribution in [3.8, 4) is 11.3 Å². The highest BCUT2D eigenvalue weighted by atomic mass is 32.1. The number of para-hydroxylation sites is 1. The number of amides is 1. The lowest BCUT2D eigenvalue weighted by molar-refractivity contribution is -0.124. The molecule has 0 atom stereocenters. The van der Waals surface area contributed by atoms with Crippen LogP contribution in [0.1, 0.15) is 20.8 Å². The predicted octanol–water partition coefficient (Wildman–Crippen LogP) is 4.35. The van der Waals surface area contributed by atoms with E-state index in [2.05, 4.69) is 5.32 Å². The number of nitrogens with one attached hydrogen (secondary N) is 1. The van der Waals surface area contributed by atoms with Crippen molar-refractivity contribution in [2.75, 3.05) is 13.2 Å². The summed E-state index contributed by atoms with van der Waals surface area (Å²) in [4.78, 5) is 38.8. The van der Waals surface area contributed by atoms with Gasteiger partial charge in [-0.1, -0.05) is 42.5 Å². The van der Waals surface area contributed by atoms with Gasteiger partial charge in [-0.15, -0.1) is 11.3 Å². The largest absolute Gasteiger partial charge is 0.455 e. The summed E-state index contributed by atoms with van der Waals surface area (Å²) in [7, 11) is 0. The Bertz CT molecular complexity index is 1310. The van der Waals surface area contributed by atoms with Gasteiger partial charge in [0.05, 0.1) is 5.39 Å². The Hall–Kier alpha value is -3.71. The molecule has 7 heteroatoms. The quantitative estimate of drug-likeness (QED) is 0.426. The lowest BCUT2D eigenvalue weighted by Gasteiger charge is -2.10. The SMILES string of the molecule is Cc1c(-c2ccccc2)oc2c(C(=O)OCC(=O)NCCc3cccs3)cccc2c1=O. The lowest BCUT2D eigenvalue weighted by atomic mass is 10.0. The Kier molecular flexibility index (Phi) is 6.47. The smallest absolute Gasteiger partial charge is 0.342 e.